The van der Waals surface area contributed by atoms with E-state index in [1.54, 1.807) is 6.08 Å². The maximum absolute atomic E-state index is 12.7. The molecule has 0 amide bonds. The Hall–Kier alpha value is -4.71. The Morgan fingerprint density at radius 2 is 0.592 bits per heavy atom. The molecule has 6 nitrogen and oxygen atoms in total. The molecule has 0 fully saturated rings. The van der Waals surface area contributed by atoms with Crippen LogP contribution < -0.4 is 0 Å². The van der Waals surface area contributed by atoms with E-state index in [0.29, 0.717) is 19.3 Å². The summed E-state index contributed by atoms with van der Waals surface area (Å²) in [5, 5.41) is 0. The van der Waals surface area contributed by atoms with Crippen molar-refractivity contribution in [2.24, 2.45) is 0 Å². The SMILES string of the molecule is CC/C=C\C/C=C\C/C=C\C/C=C\C/C=C\C/C=C\C/C=C\CCCCCCCCCC(=O)OCC(COC(=O)CCCCCCCCCCC)OC(=O)C/C=C\C/C=C\C/C=C\C/C=C\C/C=C\CC. The maximum Gasteiger partial charge on any atom is 0.310 e. The van der Waals surface area contributed by atoms with E-state index < -0.39 is 12.1 Å². The summed E-state index contributed by atoms with van der Waals surface area (Å²) in [6.45, 7) is 6.28. The van der Waals surface area contributed by atoms with Gasteiger partial charge in [0.2, 0.25) is 0 Å². The van der Waals surface area contributed by atoms with Gasteiger partial charge in [-0.25, -0.2) is 0 Å². The predicted molar refractivity (Wildman–Crippen MR) is 306 cm³/mol. The van der Waals surface area contributed by atoms with E-state index in [1.165, 1.54) is 57.8 Å². The zero-order valence-corrected chi connectivity index (χ0v) is 45.4. The molecule has 0 aromatic heterocycles. The fourth-order valence-electron chi connectivity index (χ4n) is 7.20. The number of esters is 3. The van der Waals surface area contributed by atoms with E-state index >= 15 is 0 Å². The second kappa shape index (κ2) is 57.9. The van der Waals surface area contributed by atoms with Gasteiger partial charge in [-0.2, -0.15) is 0 Å². The monoisotopic (exact) mass is 979 g/mol. The van der Waals surface area contributed by atoms with Gasteiger partial charge in [0, 0.05) is 12.8 Å². The topological polar surface area (TPSA) is 78.9 Å². The molecule has 0 aromatic carbocycles. The Morgan fingerprint density at radius 1 is 0.310 bits per heavy atom. The number of allylic oxidation sites excluding steroid dienone is 23. The van der Waals surface area contributed by atoms with Gasteiger partial charge in [-0.15, -0.1) is 0 Å². The Balaban J connectivity index is 4.35. The normalized spacial score (nSPS) is 13.2. The molecule has 6 heteroatoms. The average molecular weight is 980 g/mol. The van der Waals surface area contributed by atoms with Crippen molar-refractivity contribution in [2.75, 3.05) is 13.2 Å². The fraction of sp³-hybridized carbons (Fsp3) is 0.585. The third-order valence-corrected chi connectivity index (χ3v) is 11.4. The minimum absolute atomic E-state index is 0.0894. The molecule has 0 bridgehead atoms. The zero-order chi connectivity index (χ0) is 51.4. The summed E-state index contributed by atoms with van der Waals surface area (Å²) < 4.78 is 16.7. The summed E-state index contributed by atoms with van der Waals surface area (Å²) in [6.07, 6.45) is 83.0. The van der Waals surface area contributed by atoms with Gasteiger partial charge in [-0.1, -0.05) is 250 Å². The van der Waals surface area contributed by atoms with Gasteiger partial charge in [0.1, 0.15) is 13.2 Å². The molecule has 0 aliphatic rings. The molecule has 0 N–H and O–H groups in total. The van der Waals surface area contributed by atoms with Gasteiger partial charge in [0.25, 0.3) is 0 Å². The highest BCUT2D eigenvalue weighted by Crippen LogP contribution is 2.13. The maximum atomic E-state index is 12.7. The molecule has 398 valence electrons. The van der Waals surface area contributed by atoms with Crippen molar-refractivity contribution in [2.45, 2.75) is 232 Å². The van der Waals surface area contributed by atoms with Crippen molar-refractivity contribution < 1.29 is 28.6 Å². The molecule has 0 heterocycles. The number of hydrogen-bond acceptors (Lipinski definition) is 6. The fourth-order valence-corrected chi connectivity index (χ4v) is 7.20. The molecule has 0 aromatic rings. The third kappa shape index (κ3) is 56.1. The molecule has 0 spiro atoms. The standard InChI is InChI=1S/C65H102O6/c1-4-7-10-13-16-19-21-23-25-26-27-28-29-30-31-32-33-34-35-36-37-38-40-41-43-46-49-52-55-58-64(67)70-61-62(60-69-63(66)57-54-51-48-45-18-15-12-9-6-3)71-65(68)59-56-53-50-47-44-42-39-24-22-20-17-14-11-8-5-2/h7-8,10-11,16-17,19-20,23-25,27-28,30-31,33-34,36-37,39,44,47,53,56,62H,4-6,9,12-15,18,21-22,26,29,32,35,38,40-43,45-46,48-52,54-55,57-61H2,1-3H3/b10-7-,11-8-,19-16-,20-17-,25-23-,28-27-,31-30-,34-33-,37-36-,39-24-,47-44-,56-53-. The van der Waals surface area contributed by atoms with Gasteiger partial charge in [-0.3, -0.25) is 14.4 Å². The van der Waals surface area contributed by atoms with Crippen LogP contribution in [0.3, 0.4) is 0 Å². The van der Waals surface area contributed by atoms with Crippen LogP contribution in [0.5, 0.6) is 0 Å². The van der Waals surface area contributed by atoms with Crippen LogP contribution in [0.4, 0.5) is 0 Å². The summed E-state index contributed by atoms with van der Waals surface area (Å²) in [5.74, 6) is -1.08. The Morgan fingerprint density at radius 3 is 0.930 bits per heavy atom. The van der Waals surface area contributed by atoms with Crippen molar-refractivity contribution in [3.63, 3.8) is 0 Å². The highest BCUT2D eigenvalue weighted by molar-refractivity contribution is 5.72. The number of unbranched alkanes of at least 4 members (excludes halogenated alkanes) is 15. The van der Waals surface area contributed by atoms with E-state index in [-0.39, 0.29) is 31.6 Å². The molecule has 0 aliphatic heterocycles. The molecule has 0 saturated heterocycles. The van der Waals surface area contributed by atoms with Gasteiger partial charge < -0.3 is 14.2 Å². The largest absolute Gasteiger partial charge is 0.462 e. The van der Waals surface area contributed by atoms with E-state index in [1.807, 2.05) is 6.08 Å². The molecule has 1 atom stereocenters. The third-order valence-electron chi connectivity index (χ3n) is 11.4. The first-order valence-electron chi connectivity index (χ1n) is 28.3. The van der Waals surface area contributed by atoms with Crippen LogP contribution in [-0.2, 0) is 28.6 Å². The smallest absolute Gasteiger partial charge is 0.310 e. The van der Waals surface area contributed by atoms with Crippen molar-refractivity contribution in [1.82, 2.24) is 0 Å². The first-order valence-corrected chi connectivity index (χ1v) is 28.3. The molecule has 0 saturated carbocycles. The number of carbonyl (C=O) groups excluding carboxylic acids is 3. The first kappa shape index (κ1) is 66.3. The molecule has 0 aliphatic carbocycles. The van der Waals surface area contributed by atoms with Gasteiger partial charge >= 0.3 is 17.9 Å². The first-order chi connectivity index (χ1) is 35.0. The van der Waals surface area contributed by atoms with E-state index in [4.69, 9.17) is 14.2 Å². The Labute approximate surface area is 436 Å². The molecular weight excluding hydrogens is 877 g/mol. The van der Waals surface area contributed by atoms with Crippen LogP contribution in [-0.4, -0.2) is 37.2 Å². The van der Waals surface area contributed by atoms with Crippen molar-refractivity contribution in [1.29, 1.82) is 0 Å². The Kier molecular flexibility index (Phi) is 54.0. The molecule has 71 heavy (non-hydrogen) atoms. The van der Waals surface area contributed by atoms with Crippen LogP contribution in [0.1, 0.15) is 226 Å². The average Bonchev–Trinajstić information content (AvgIpc) is 3.37. The lowest BCUT2D eigenvalue weighted by molar-refractivity contribution is -0.166. The second-order valence-electron chi connectivity index (χ2n) is 18.1. The summed E-state index contributed by atoms with van der Waals surface area (Å²) in [7, 11) is 0. The van der Waals surface area contributed by atoms with Gasteiger partial charge in [-0.05, 0) is 103 Å². The van der Waals surface area contributed by atoms with Gasteiger partial charge in [0.05, 0.1) is 6.42 Å². The van der Waals surface area contributed by atoms with E-state index in [9.17, 15) is 14.4 Å². The van der Waals surface area contributed by atoms with Crippen molar-refractivity contribution in [3.8, 4) is 0 Å². The molecule has 1 unspecified atom stereocenters. The number of hydrogen-bond donors (Lipinski definition) is 0. The summed E-state index contributed by atoms with van der Waals surface area (Å²) in [4.78, 5) is 37.9. The molecule has 0 radical (unpaired) electrons. The molecular formula is C65H102O6. The number of ether oxygens (including phenoxy) is 3. The number of rotatable bonds is 49. The molecule has 0 rings (SSSR count). The lowest BCUT2D eigenvalue weighted by Crippen LogP contribution is -2.30. The van der Waals surface area contributed by atoms with Crippen LogP contribution in [0, 0.1) is 0 Å². The quantitative estimate of drug-likeness (QED) is 0.0262. The van der Waals surface area contributed by atoms with Crippen LogP contribution in [0.2, 0.25) is 0 Å². The van der Waals surface area contributed by atoms with Crippen molar-refractivity contribution in [3.05, 3.63) is 146 Å². The highest BCUT2D eigenvalue weighted by Gasteiger charge is 2.19. The van der Waals surface area contributed by atoms with E-state index in [2.05, 4.69) is 154 Å². The van der Waals surface area contributed by atoms with Crippen LogP contribution in [0.15, 0.2) is 146 Å². The lowest BCUT2D eigenvalue weighted by atomic mass is 10.1. The summed E-state index contributed by atoms with van der Waals surface area (Å²) in [6, 6.07) is 0. The Bertz CT molecular complexity index is 1590. The highest BCUT2D eigenvalue weighted by atomic mass is 16.6. The summed E-state index contributed by atoms with van der Waals surface area (Å²) >= 11 is 0. The lowest BCUT2D eigenvalue weighted by Gasteiger charge is -2.18. The number of carbonyl (C=O) groups is 3. The zero-order valence-electron chi connectivity index (χ0n) is 45.4. The minimum Gasteiger partial charge on any atom is -0.462 e. The predicted octanol–water partition coefficient (Wildman–Crippen LogP) is 19.2. The van der Waals surface area contributed by atoms with Gasteiger partial charge in [0.15, 0.2) is 6.10 Å². The van der Waals surface area contributed by atoms with Crippen LogP contribution >= 0.6 is 0 Å². The van der Waals surface area contributed by atoms with Crippen LogP contribution in [0.25, 0.3) is 0 Å². The van der Waals surface area contributed by atoms with E-state index in [0.717, 1.165) is 122 Å². The second-order valence-corrected chi connectivity index (χ2v) is 18.1. The summed E-state index contributed by atoms with van der Waals surface area (Å²) in [5.41, 5.74) is 0. The minimum atomic E-state index is -0.840. The van der Waals surface area contributed by atoms with Crippen molar-refractivity contribution >= 4 is 17.9 Å².